The first-order valence-electron chi connectivity index (χ1n) is 19.5. The molecule has 8 aromatic carbocycles. The van der Waals surface area contributed by atoms with Crippen molar-refractivity contribution in [2.75, 3.05) is 0 Å². The molecule has 3 aliphatic carbocycles. The van der Waals surface area contributed by atoms with Crippen LogP contribution in [0.25, 0.3) is 99.2 Å². The van der Waals surface area contributed by atoms with Crippen LogP contribution in [-0.2, 0) is 0 Å². The summed E-state index contributed by atoms with van der Waals surface area (Å²) in [5, 5.41) is 7.84. The smallest absolute Gasteiger partial charge is 0.0547 e. The van der Waals surface area contributed by atoms with Crippen molar-refractivity contribution in [3.63, 3.8) is 0 Å². The minimum absolute atomic E-state index is 0.676. The van der Waals surface area contributed by atoms with Gasteiger partial charge < -0.3 is 9.13 Å². The lowest BCUT2D eigenvalue weighted by atomic mass is 9.92. The Kier molecular flexibility index (Phi) is 5.82. The van der Waals surface area contributed by atoms with Gasteiger partial charge in [-0.1, -0.05) is 115 Å². The van der Waals surface area contributed by atoms with Gasteiger partial charge in [-0.15, -0.1) is 0 Å². The van der Waals surface area contributed by atoms with Crippen molar-refractivity contribution in [1.29, 1.82) is 0 Å². The quantitative estimate of drug-likeness (QED) is 0.173. The van der Waals surface area contributed by atoms with Crippen molar-refractivity contribution >= 4 is 65.5 Å². The Morgan fingerprint density at radius 3 is 1.96 bits per heavy atom. The first kappa shape index (κ1) is 29.5. The van der Waals surface area contributed by atoms with Gasteiger partial charge in [0.05, 0.1) is 22.1 Å². The molecule has 256 valence electrons. The summed E-state index contributed by atoms with van der Waals surface area (Å²) in [4.78, 5) is 0. The molecule has 0 N–H and O–H groups in total. The van der Waals surface area contributed by atoms with Gasteiger partial charge in [-0.25, -0.2) is 0 Å². The third-order valence-electron chi connectivity index (χ3n) is 12.7. The third kappa shape index (κ3) is 4.14. The van der Waals surface area contributed by atoms with Crippen molar-refractivity contribution < 1.29 is 0 Å². The number of rotatable bonds is 4. The Hall–Kier alpha value is -6.90. The zero-order valence-electron chi connectivity index (χ0n) is 30.1. The number of hydrogen-bond acceptors (Lipinski definition) is 0. The summed E-state index contributed by atoms with van der Waals surface area (Å²) < 4.78 is 4.85. The number of allylic oxidation sites excluding steroid dienone is 4. The summed E-state index contributed by atoms with van der Waals surface area (Å²) in [6.45, 7) is 0. The van der Waals surface area contributed by atoms with Crippen molar-refractivity contribution in [3.05, 3.63) is 193 Å². The van der Waals surface area contributed by atoms with Crippen molar-refractivity contribution in [3.8, 4) is 33.6 Å². The normalized spacial score (nSPS) is 16.9. The average Bonchev–Trinajstić information content (AvgIpc) is 3.73. The Labute approximate surface area is 318 Å². The fourth-order valence-corrected chi connectivity index (χ4v) is 10.1. The molecule has 2 heteroatoms. The van der Waals surface area contributed by atoms with Crippen LogP contribution in [0.3, 0.4) is 0 Å². The lowest BCUT2D eigenvalue weighted by Crippen LogP contribution is -1.95. The Morgan fingerprint density at radius 1 is 0.418 bits per heavy atom. The van der Waals surface area contributed by atoms with Gasteiger partial charge >= 0.3 is 0 Å². The van der Waals surface area contributed by atoms with Gasteiger partial charge in [-0.3, -0.25) is 0 Å². The Bertz CT molecular complexity index is 3350. The van der Waals surface area contributed by atoms with E-state index in [1.165, 1.54) is 111 Å². The predicted octanol–water partition coefficient (Wildman–Crippen LogP) is 13.8. The Balaban J connectivity index is 0.960. The summed E-state index contributed by atoms with van der Waals surface area (Å²) in [7, 11) is 0. The van der Waals surface area contributed by atoms with E-state index in [0.29, 0.717) is 5.92 Å². The van der Waals surface area contributed by atoms with Crippen LogP contribution in [0.4, 0.5) is 0 Å². The third-order valence-corrected chi connectivity index (χ3v) is 12.7. The van der Waals surface area contributed by atoms with E-state index >= 15 is 0 Å². The first-order chi connectivity index (χ1) is 27.3. The number of nitrogens with zero attached hydrogens (tertiary/aromatic N) is 2. The maximum absolute atomic E-state index is 2.48. The summed E-state index contributed by atoms with van der Waals surface area (Å²) in [5.41, 5.74) is 18.1. The molecule has 55 heavy (non-hydrogen) atoms. The summed E-state index contributed by atoms with van der Waals surface area (Å²) >= 11 is 0. The summed E-state index contributed by atoms with van der Waals surface area (Å²) in [6.07, 6.45) is 6.12. The van der Waals surface area contributed by atoms with Crippen LogP contribution in [0.15, 0.2) is 182 Å². The molecule has 2 aromatic heterocycles. The molecular weight excluding hydrogens is 665 g/mol. The molecule has 1 unspecified atom stereocenters. The molecule has 0 spiro atoms. The van der Waals surface area contributed by atoms with Crippen LogP contribution >= 0.6 is 0 Å². The lowest BCUT2D eigenvalue weighted by molar-refractivity contribution is 1.01. The number of aromatic nitrogens is 2. The van der Waals surface area contributed by atoms with Gasteiger partial charge in [0, 0.05) is 32.9 Å². The molecule has 2 heterocycles. The highest BCUT2D eigenvalue weighted by molar-refractivity contribution is 6.18. The van der Waals surface area contributed by atoms with Gasteiger partial charge in [-0.05, 0) is 140 Å². The van der Waals surface area contributed by atoms with Crippen LogP contribution in [-0.4, -0.2) is 9.13 Å². The largest absolute Gasteiger partial charge is 0.309 e. The van der Waals surface area contributed by atoms with Gasteiger partial charge in [0.25, 0.3) is 0 Å². The molecule has 13 rings (SSSR count). The molecule has 2 nitrogen and oxygen atoms in total. The molecule has 0 bridgehead atoms. The standard InChI is InChI=1S/C53H34N2/c1-2-12-38(13-3-1)54-48-18-6-4-15-40(48)42-23-20-34(31-51(42)54)33-22-25-50-46(28-33)41-16-5-7-19-49(41)55(50)39-14-8-10-32(27-39)37-26-36-11-9-17-43-44-24-21-35-29-45(35)53(44)47(30-37)52(36)43/h1-28,30-31,35,45H,29H2/t35?,45-/m1/s1. The van der Waals surface area contributed by atoms with E-state index in [4.69, 9.17) is 0 Å². The van der Waals surface area contributed by atoms with Crippen LogP contribution in [0, 0.1) is 11.8 Å². The van der Waals surface area contributed by atoms with E-state index in [2.05, 4.69) is 191 Å². The molecule has 1 saturated carbocycles. The van der Waals surface area contributed by atoms with Gasteiger partial charge in [-0.2, -0.15) is 0 Å². The average molecular weight is 699 g/mol. The van der Waals surface area contributed by atoms with Crippen molar-refractivity contribution in [1.82, 2.24) is 9.13 Å². The Morgan fingerprint density at radius 2 is 1.09 bits per heavy atom. The molecular formula is C53H34N2. The molecule has 0 saturated heterocycles. The second-order valence-corrected chi connectivity index (χ2v) is 15.7. The van der Waals surface area contributed by atoms with E-state index < -0.39 is 0 Å². The van der Waals surface area contributed by atoms with E-state index in [0.717, 1.165) is 5.92 Å². The highest BCUT2D eigenvalue weighted by Crippen LogP contribution is 2.59. The molecule has 0 aliphatic heterocycles. The summed E-state index contributed by atoms with van der Waals surface area (Å²) in [5.74, 6) is 1.39. The number of benzene rings is 8. The van der Waals surface area contributed by atoms with Gasteiger partial charge in [0.2, 0.25) is 0 Å². The topological polar surface area (TPSA) is 9.86 Å². The molecule has 3 aliphatic rings. The maximum atomic E-state index is 2.48. The number of fused-ring (bicyclic) bond motifs is 10. The SMILES string of the molecule is C1=CC2C[C@H]2C2=C1c1cccc3cc(-c4cccc(-n5c6ccccc6c6cc(-c7ccc8c9ccccc9n(-c9ccccc9)c8c7)ccc65)c4)cc2c13. The van der Waals surface area contributed by atoms with E-state index in [1.807, 2.05) is 0 Å². The van der Waals surface area contributed by atoms with Crippen LogP contribution < -0.4 is 0 Å². The van der Waals surface area contributed by atoms with Crippen LogP contribution in [0.5, 0.6) is 0 Å². The highest BCUT2D eigenvalue weighted by atomic mass is 15.0. The maximum Gasteiger partial charge on any atom is 0.0547 e. The second-order valence-electron chi connectivity index (χ2n) is 15.7. The van der Waals surface area contributed by atoms with Crippen LogP contribution in [0.2, 0.25) is 0 Å². The minimum Gasteiger partial charge on any atom is -0.309 e. The minimum atomic E-state index is 0.676. The molecule has 10 aromatic rings. The van der Waals surface area contributed by atoms with E-state index in [-0.39, 0.29) is 0 Å². The first-order valence-corrected chi connectivity index (χ1v) is 19.5. The molecule has 0 radical (unpaired) electrons. The second kappa shape index (κ2) is 10.8. The van der Waals surface area contributed by atoms with Gasteiger partial charge in [0.1, 0.15) is 0 Å². The predicted molar refractivity (Wildman–Crippen MR) is 231 cm³/mol. The molecule has 2 atom stereocenters. The number of para-hydroxylation sites is 3. The zero-order valence-corrected chi connectivity index (χ0v) is 30.1. The molecule has 1 fully saturated rings. The summed E-state index contributed by atoms with van der Waals surface area (Å²) in [6, 6.07) is 63.2. The monoisotopic (exact) mass is 698 g/mol. The fraction of sp³-hybridized carbons (Fsp3) is 0.0566. The fourth-order valence-electron chi connectivity index (χ4n) is 10.1. The molecule has 0 amide bonds. The van der Waals surface area contributed by atoms with Crippen molar-refractivity contribution in [2.24, 2.45) is 11.8 Å². The van der Waals surface area contributed by atoms with E-state index in [1.54, 1.807) is 5.57 Å². The highest BCUT2D eigenvalue weighted by Gasteiger charge is 2.44. The zero-order chi connectivity index (χ0) is 35.8. The van der Waals surface area contributed by atoms with E-state index in [9.17, 15) is 0 Å². The van der Waals surface area contributed by atoms with Gasteiger partial charge in [0.15, 0.2) is 0 Å². The lowest BCUT2D eigenvalue weighted by Gasteiger charge is -2.13. The number of hydrogen-bond donors (Lipinski definition) is 0. The van der Waals surface area contributed by atoms with Crippen molar-refractivity contribution in [2.45, 2.75) is 6.42 Å². The van der Waals surface area contributed by atoms with Crippen LogP contribution in [0.1, 0.15) is 17.5 Å².